The van der Waals surface area contributed by atoms with Crippen LogP contribution in [0.15, 0.2) is 126 Å². The summed E-state index contributed by atoms with van der Waals surface area (Å²) < 4.78 is 0. The van der Waals surface area contributed by atoms with Gasteiger partial charge in [-0.2, -0.15) is 0 Å². The van der Waals surface area contributed by atoms with E-state index in [1.54, 1.807) is 5.57 Å². The number of hydrogen-bond acceptors (Lipinski definition) is 3. The van der Waals surface area contributed by atoms with Crippen molar-refractivity contribution >= 4 is 11.6 Å². The van der Waals surface area contributed by atoms with Gasteiger partial charge in [-0.3, -0.25) is 16.0 Å². The van der Waals surface area contributed by atoms with Crippen LogP contribution in [0.25, 0.3) is 11.6 Å². The van der Waals surface area contributed by atoms with E-state index in [0.29, 0.717) is 17.8 Å². The Bertz CT molecular complexity index is 1670. The molecule has 0 aromatic heterocycles. The van der Waals surface area contributed by atoms with Crippen LogP contribution in [0.3, 0.4) is 0 Å². The summed E-state index contributed by atoms with van der Waals surface area (Å²) in [6, 6.07) is 29.0. The molecule has 6 unspecified atom stereocenters. The molecular weight excluding hydrogens is 522 g/mol. The van der Waals surface area contributed by atoms with E-state index in [1.165, 1.54) is 39.0 Å². The highest BCUT2D eigenvalue weighted by Crippen LogP contribution is 2.62. The van der Waals surface area contributed by atoms with Gasteiger partial charge >= 0.3 is 0 Å². The lowest BCUT2D eigenvalue weighted by Gasteiger charge is -2.41. The minimum absolute atomic E-state index is 0.0248. The molecule has 216 valence electrons. The third kappa shape index (κ3) is 4.71. The monoisotopic (exact) mass is 563 g/mol. The first-order valence-corrected chi connectivity index (χ1v) is 16.0. The van der Waals surface area contributed by atoms with Crippen molar-refractivity contribution in [3.05, 3.63) is 154 Å². The van der Waals surface area contributed by atoms with Gasteiger partial charge in [0.15, 0.2) is 0 Å². The lowest BCUT2D eigenvalue weighted by Crippen LogP contribution is -2.59. The summed E-state index contributed by atoms with van der Waals surface area (Å²) in [6.07, 6.45) is 20.0. The van der Waals surface area contributed by atoms with Gasteiger partial charge in [-0.25, -0.2) is 0 Å². The van der Waals surface area contributed by atoms with Crippen molar-refractivity contribution in [2.24, 2.45) is 17.3 Å². The van der Waals surface area contributed by atoms with Crippen LogP contribution < -0.4 is 16.0 Å². The molecule has 1 aliphatic heterocycles. The van der Waals surface area contributed by atoms with Gasteiger partial charge in [0.2, 0.25) is 0 Å². The molecule has 1 saturated heterocycles. The highest BCUT2D eigenvalue weighted by Gasteiger charge is 2.52. The fraction of sp³-hybridized carbons (Fsp3) is 0.300. The zero-order valence-electron chi connectivity index (χ0n) is 25.1. The number of hydrogen-bond donors (Lipinski definition) is 3. The summed E-state index contributed by atoms with van der Waals surface area (Å²) >= 11 is 0. The van der Waals surface area contributed by atoms with Crippen molar-refractivity contribution < 1.29 is 0 Å². The van der Waals surface area contributed by atoms with Gasteiger partial charge in [-0.05, 0) is 81.4 Å². The van der Waals surface area contributed by atoms with E-state index in [1.807, 2.05) is 0 Å². The zero-order valence-corrected chi connectivity index (χ0v) is 25.1. The lowest BCUT2D eigenvalue weighted by atomic mass is 9.72. The highest BCUT2D eigenvalue weighted by molar-refractivity contribution is 5.68. The number of fused-ring (bicyclic) bond motifs is 5. The second-order valence-electron chi connectivity index (χ2n) is 13.4. The Morgan fingerprint density at radius 2 is 1.49 bits per heavy atom. The van der Waals surface area contributed by atoms with Crippen LogP contribution in [-0.4, -0.2) is 6.17 Å². The Morgan fingerprint density at radius 1 is 0.767 bits per heavy atom. The van der Waals surface area contributed by atoms with Crippen molar-refractivity contribution in [2.75, 3.05) is 0 Å². The Kier molecular flexibility index (Phi) is 6.71. The fourth-order valence-corrected chi connectivity index (χ4v) is 8.38. The zero-order chi connectivity index (χ0) is 29.0. The van der Waals surface area contributed by atoms with Crippen LogP contribution in [0.4, 0.5) is 0 Å². The third-order valence-electron chi connectivity index (χ3n) is 10.7. The SMILES string of the molecule is CC1(C)C2=CC(C3NC(c4ccccc4)NC(c4ccc(C5=CC=CCC5)cc4)N3)=CCC2C2c3ccccc3C=CC21. The smallest absolute Gasteiger partial charge is 0.0864 e. The van der Waals surface area contributed by atoms with Gasteiger partial charge in [0, 0.05) is 0 Å². The highest BCUT2D eigenvalue weighted by atomic mass is 15.4. The summed E-state index contributed by atoms with van der Waals surface area (Å²) in [5.41, 5.74) is 11.3. The minimum Gasteiger partial charge on any atom is -0.279 e. The second-order valence-corrected chi connectivity index (χ2v) is 13.4. The van der Waals surface area contributed by atoms with Crippen LogP contribution in [0.2, 0.25) is 0 Å². The van der Waals surface area contributed by atoms with E-state index in [-0.39, 0.29) is 23.9 Å². The van der Waals surface area contributed by atoms with Crippen LogP contribution in [-0.2, 0) is 0 Å². The number of benzene rings is 3. The fourth-order valence-electron chi connectivity index (χ4n) is 8.38. The Balaban J connectivity index is 1.11. The second kappa shape index (κ2) is 10.7. The molecule has 3 heteroatoms. The maximum atomic E-state index is 3.95. The van der Waals surface area contributed by atoms with Crippen molar-refractivity contribution in [1.29, 1.82) is 0 Å². The molecule has 4 aliphatic carbocycles. The van der Waals surface area contributed by atoms with Gasteiger partial charge in [-0.15, -0.1) is 0 Å². The molecule has 2 fully saturated rings. The number of nitrogens with one attached hydrogen (secondary N) is 3. The largest absolute Gasteiger partial charge is 0.279 e. The van der Waals surface area contributed by atoms with Crippen molar-refractivity contribution in [3.8, 4) is 0 Å². The summed E-state index contributed by atoms with van der Waals surface area (Å²) in [7, 11) is 0. The molecule has 3 aromatic rings. The molecule has 1 saturated carbocycles. The predicted octanol–water partition coefficient (Wildman–Crippen LogP) is 8.57. The first-order valence-electron chi connectivity index (χ1n) is 16.0. The van der Waals surface area contributed by atoms with Crippen LogP contribution in [0.1, 0.15) is 79.2 Å². The summed E-state index contributed by atoms with van der Waals surface area (Å²) in [4.78, 5) is 0. The van der Waals surface area contributed by atoms with E-state index >= 15 is 0 Å². The maximum Gasteiger partial charge on any atom is 0.0864 e. The molecule has 0 spiro atoms. The molecule has 3 nitrogen and oxygen atoms in total. The standard InChI is InChI=1S/C40H41N3/c1-40(2)34-24-22-28-13-9-10-16-32(28)36(34)33-23-21-31(25-35(33)40)39-42-37(29-14-7-4-8-15-29)41-38(43-39)30-19-17-27(18-20-30)26-11-5-3-6-12-26/h3-5,7-11,13-22,24-25,33-34,36-39,41-43H,6,12,23H2,1-2H3. The van der Waals surface area contributed by atoms with E-state index in [9.17, 15) is 0 Å². The number of rotatable bonds is 4. The summed E-state index contributed by atoms with van der Waals surface area (Å²) in [6.45, 7) is 4.94. The molecule has 3 N–H and O–H groups in total. The number of allylic oxidation sites excluding steroid dienone is 7. The van der Waals surface area contributed by atoms with E-state index in [2.05, 4.69) is 151 Å². The molecule has 5 aliphatic rings. The molecule has 3 aromatic carbocycles. The van der Waals surface area contributed by atoms with Gasteiger partial charge in [0.05, 0.1) is 18.5 Å². The van der Waals surface area contributed by atoms with Crippen LogP contribution >= 0.6 is 0 Å². The quantitative estimate of drug-likeness (QED) is 0.298. The first-order chi connectivity index (χ1) is 21.1. The van der Waals surface area contributed by atoms with Crippen molar-refractivity contribution in [2.45, 2.75) is 57.5 Å². The molecule has 8 rings (SSSR count). The maximum absolute atomic E-state index is 3.95. The van der Waals surface area contributed by atoms with Crippen LogP contribution in [0, 0.1) is 17.3 Å². The molecule has 0 radical (unpaired) electrons. The first kappa shape index (κ1) is 26.8. The Hall–Kier alpha value is -3.76. The van der Waals surface area contributed by atoms with Crippen molar-refractivity contribution in [3.63, 3.8) is 0 Å². The molecular formula is C40H41N3. The van der Waals surface area contributed by atoms with Gasteiger partial charge in [0.25, 0.3) is 0 Å². The molecule has 1 heterocycles. The normalized spacial score (nSPS) is 30.4. The Labute approximate surface area is 256 Å². The van der Waals surface area contributed by atoms with Crippen LogP contribution in [0.5, 0.6) is 0 Å². The lowest BCUT2D eigenvalue weighted by molar-refractivity contribution is 0.223. The molecule has 0 bridgehead atoms. The van der Waals surface area contributed by atoms with Gasteiger partial charge < -0.3 is 0 Å². The van der Waals surface area contributed by atoms with Gasteiger partial charge in [-0.1, -0.05) is 141 Å². The van der Waals surface area contributed by atoms with Gasteiger partial charge in [0.1, 0.15) is 0 Å². The predicted molar refractivity (Wildman–Crippen MR) is 178 cm³/mol. The minimum atomic E-state index is 0.0248. The topological polar surface area (TPSA) is 36.1 Å². The Morgan fingerprint density at radius 3 is 2.26 bits per heavy atom. The van der Waals surface area contributed by atoms with Crippen molar-refractivity contribution in [1.82, 2.24) is 16.0 Å². The average Bonchev–Trinajstić information content (AvgIpc) is 3.31. The summed E-state index contributed by atoms with van der Waals surface area (Å²) in [5.74, 6) is 1.62. The molecule has 0 amide bonds. The molecule has 6 atom stereocenters. The van der Waals surface area contributed by atoms with E-state index in [0.717, 1.165) is 19.3 Å². The van der Waals surface area contributed by atoms with E-state index < -0.39 is 0 Å². The average molecular weight is 564 g/mol. The molecule has 43 heavy (non-hydrogen) atoms. The summed E-state index contributed by atoms with van der Waals surface area (Å²) in [5, 5.41) is 11.7. The van der Waals surface area contributed by atoms with E-state index in [4.69, 9.17) is 0 Å². The third-order valence-corrected chi connectivity index (χ3v) is 10.7.